The van der Waals surface area contributed by atoms with Crippen molar-refractivity contribution >= 4 is 11.5 Å². The Morgan fingerprint density at radius 2 is 2.00 bits per heavy atom. The Kier molecular flexibility index (Phi) is 8.09. The second-order valence-electron chi connectivity index (χ2n) is 10.5. The van der Waals surface area contributed by atoms with Gasteiger partial charge in [-0.2, -0.15) is 28.4 Å². The number of anilines is 2. The van der Waals surface area contributed by atoms with Gasteiger partial charge >= 0.3 is 12.2 Å². The molecule has 12 heteroatoms. The fourth-order valence-corrected chi connectivity index (χ4v) is 5.76. The van der Waals surface area contributed by atoms with Crippen LogP contribution in [0.3, 0.4) is 0 Å². The smallest absolute Gasteiger partial charge is 0.418 e. The third-order valence-electron chi connectivity index (χ3n) is 7.82. The van der Waals surface area contributed by atoms with Crippen LogP contribution in [0.2, 0.25) is 0 Å². The van der Waals surface area contributed by atoms with E-state index in [9.17, 15) is 22.8 Å². The number of nitrogens with zero attached hydrogens (tertiary/aromatic N) is 6. The maximum Gasteiger partial charge on any atom is 0.418 e. The molecule has 2 aromatic rings. The fourth-order valence-electron chi connectivity index (χ4n) is 5.76. The summed E-state index contributed by atoms with van der Waals surface area (Å²) in [6, 6.07) is 5.47. The molecule has 2 atom stereocenters. The number of likely N-dealkylation sites (N-methyl/N-ethyl adjacent to an activating group) is 1. The Hall–Kier alpha value is -3.17. The third-order valence-corrected chi connectivity index (χ3v) is 7.82. The van der Waals surface area contributed by atoms with Crippen molar-refractivity contribution in [3.63, 3.8) is 0 Å². The summed E-state index contributed by atoms with van der Waals surface area (Å²) in [5.41, 5.74) is 0.432. The Balaban J connectivity index is 1.50. The zero-order valence-electron chi connectivity index (χ0n) is 22.0. The van der Waals surface area contributed by atoms with Crippen LogP contribution in [0.5, 0.6) is 6.01 Å². The molecule has 0 spiro atoms. The van der Waals surface area contributed by atoms with Crippen LogP contribution in [0.4, 0.5) is 29.1 Å². The molecule has 3 aliphatic heterocycles. The van der Waals surface area contributed by atoms with Gasteiger partial charge in [0.2, 0.25) is 0 Å². The van der Waals surface area contributed by atoms with Crippen LogP contribution in [0, 0.1) is 17.1 Å². The van der Waals surface area contributed by atoms with Crippen LogP contribution < -0.4 is 19.9 Å². The van der Waals surface area contributed by atoms with Crippen molar-refractivity contribution < 1.29 is 22.3 Å². The Morgan fingerprint density at radius 1 is 1.15 bits per heavy atom. The quantitative estimate of drug-likeness (QED) is 0.548. The summed E-state index contributed by atoms with van der Waals surface area (Å²) in [4.78, 5) is 15.5. The highest BCUT2D eigenvalue weighted by Gasteiger charge is 2.36. The molecule has 0 saturated carbocycles. The van der Waals surface area contributed by atoms with E-state index in [0.29, 0.717) is 63.8 Å². The van der Waals surface area contributed by atoms with E-state index >= 15 is 0 Å². The number of fused-ring (bicyclic) bond motifs is 1. The van der Waals surface area contributed by atoms with Gasteiger partial charge in [-0.15, -0.1) is 0 Å². The molecule has 0 amide bonds. The first-order valence-electron chi connectivity index (χ1n) is 13.4. The Morgan fingerprint density at radius 3 is 2.74 bits per heavy atom. The molecular formula is C27H33F4N7O. The lowest BCUT2D eigenvalue weighted by Gasteiger charge is -2.35. The zero-order chi connectivity index (χ0) is 27.6. The third kappa shape index (κ3) is 6.20. The molecule has 8 nitrogen and oxygen atoms in total. The lowest BCUT2D eigenvalue weighted by Crippen LogP contribution is -2.51. The van der Waals surface area contributed by atoms with Crippen molar-refractivity contribution in [2.24, 2.45) is 0 Å². The molecule has 4 heterocycles. The van der Waals surface area contributed by atoms with E-state index in [1.54, 1.807) is 4.90 Å². The van der Waals surface area contributed by atoms with Gasteiger partial charge in [-0.1, -0.05) is 0 Å². The van der Waals surface area contributed by atoms with Gasteiger partial charge in [0.1, 0.15) is 18.2 Å². The summed E-state index contributed by atoms with van der Waals surface area (Å²) >= 11 is 0. The van der Waals surface area contributed by atoms with Gasteiger partial charge in [-0.05, 0) is 57.5 Å². The molecule has 2 saturated heterocycles. The summed E-state index contributed by atoms with van der Waals surface area (Å²) in [6.45, 7) is 3.84. The number of likely N-dealkylation sites (tertiary alicyclic amines) is 1. The summed E-state index contributed by atoms with van der Waals surface area (Å²) in [5, 5.41) is 12.6. The van der Waals surface area contributed by atoms with Crippen LogP contribution >= 0.6 is 0 Å². The molecular weight excluding hydrogens is 514 g/mol. The minimum absolute atomic E-state index is 0.0123. The molecule has 3 aliphatic rings. The summed E-state index contributed by atoms with van der Waals surface area (Å²) in [5.74, 6) is -0.208. The molecule has 2 fully saturated rings. The van der Waals surface area contributed by atoms with Crippen LogP contribution in [-0.4, -0.2) is 73.3 Å². The zero-order valence-corrected chi connectivity index (χ0v) is 22.0. The first-order valence-corrected chi connectivity index (χ1v) is 13.4. The van der Waals surface area contributed by atoms with Crippen molar-refractivity contribution in [2.45, 2.75) is 56.9 Å². The van der Waals surface area contributed by atoms with Gasteiger partial charge in [-0.25, -0.2) is 4.39 Å². The number of halogens is 4. The topological polar surface area (TPSA) is 80.5 Å². The molecule has 210 valence electrons. The van der Waals surface area contributed by atoms with Crippen molar-refractivity contribution in [3.8, 4) is 12.1 Å². The predicted octanol–water partition coefficient (Wildman–Crippen LogP) is 3.75. The van der Waals surface area contributed by atoms with Crippen LogP contribution in [0.1, 0.15) is 42.5 Å². The Bertz CT molecular complexity index is 1220. The molecule has 39 heavy (non-hydrogen) atoms. The van der Waals surface area contributed by atoms with E-state index in [1.165, 1.54) is 6.07 Å². The van der Waals surface area contributed by atoms with Gasteiger partial charge in [0, 0.05) is 49.5 Å². The fraction of sp³-hybridized carbons (Fsp3) is 0.593. The predicted molar refractivity (Wildman–Crippen MR) is 138 cm³/mol. The number of hydrogen-bond acceptors (Lipinski definition) is 8. The second-order valence-corrected chi connectivity index (χ2v) is 10.5. The average Bonchev–Trinajstić information content (AvgIpc) is 3.19. The molecule has 0 aliphatic carbocycles. The summed E-state index contributed by atoms with van der Waals surface area (Å²) < 4.78 is 61.5. The highest BCUT2D eigenvalue weighted by Crippen LogP contribution is 2.39. The average molecular weight is 548 g/mol. The van der Waals surface area contributed by atoms with Crippen molar-refractivity contribution in [1.82, 2.24) is 20.2 Å². The number of rotatable bonds is 6. The molecule has 0 bridgehead atoms. The number of alkyl halides is 3. The van der Waals surface area contributed by atoms with Crippen LogP contribution in [-0.2, 0) is 19.1 Å². The minimum atomic E-state index is -4.69. The van der Waals surface area contributed by atoms with Gasteiger partial charge in [0.05, 0.1) is 30.3 Å². The van der Waals surface area contributed by atoms with Gasteiger partial charge in [0.15, 0.2) is 0 Å². The maximum atomic E-state index is 13.9. The normalized spacial score (nSPS) is 22.4. The molecule has 5 rings (SSSR count). The lowest BCUT2D eigenvalue weighted by atomic mass is 10.1. The highest BCUT2D eigenvalue weighted by atomic mass is 19.4. The second kappa shape index (κ2) is 11.5. The molecule has 1 N–H and O–H groups in total. The molecule has 1 aromatic carbocycles. The van der Waals surface area contributed by atoms with E-state index in [2.05, 4.69) is 28.2 Å². The number of aromatic nitrogens is 2. The van der Waals surface area contributed by atoms with Crippen molar-refractivity contribution in [1.29, 1.82) is 5.26 Å². The standard InChI is InChI=1S/C27H33F4N7O/c1-36-11-2-4-20(36)17-39-26-34-23-16-37(24-7-6-18(28)14-22(24)27(29,30)31)12-3-5-21(23)25(35-26)38-13-10-33-19(15-38)8-9-32/h6-7,14,19-20,33H,2-5,8,10-13,15-17H2,1H3/t19?,20-/m0/s1. The van der Waals surface area contributed by atoms with E-state index in [0.717, 1.165) is 36.8 Å². The van der Waals surface area contributed by atoms with Gasteiger partial charge in [-0.3, -0.25) is 0 Å². The number of ether oxygens (including phenoxy) is 1. The van der Waals surface area contributed by atoms with Gasteiger partial charge < -0.3 is 24.8 Å². The van der Waals surface area contributed by atoms with Crippen LogP contribution in [0.15, 0.2) is 18.2 Å². The van der Waals surface area contributed by atoms with E-state index in [1.807, 2.05) is 0 Å². The largest absolute Gasteiger partial charge is 0.462 e. The lowest BCUT2D eigenvalue weighted by molar-refractivity contribution is -0.137. The number of nitrogens with one attached hydrogen (secondary N) is 1. The number of benzene rings is 1. The van der Waals surface area contributed by atoms with E-state index in [-0.39, 0.29) is 30.3 Å². The first-order chi connectivity index (χ1) is 18.7. The molecule has 0 radical (unpaired) electrons. The maximum absolute atomic E-state index is 13.9. The van der Waals surface area contributed by atoms with Gasteiger partial charge in [0.25, 0.3) is 0 Å². The molecule has 1 aromatic heterocycles. The first kappa shape index (κ1) is 27.4. The van der Waals surface area contributed by atoms with E-state index in [4.69, 9.17) is 14.7 Å². The SMILES string of the molecule is CN1CCC[C@H]1COc1nc2c(c(N3CCNC(CC#N)C3)n1)CCCN(c1ccc(F)cc1C(F)(F)F)C2. The van der Waals surface area contributed by atoms with Crippen molar-refractivity contribution in [2.75, 3.05) is 56.2 Å². The van der Waals surface area contributed by atoms with Crippen molar-refractivity contribution in [3.05, 3.63) is 40.8 Å². The highest BCUT2D eigenvalue weighted by molar-refractivity contribution is 5.58. The minimum Gasteiger partial charge on any atom is -0.462 e. The Labute approximate surface area is 225 Å². The van der Waals surface area contributed by atoms with Crippen LogP contribution in [0.25, 0.3) is 0 Å². The number of piperazine rings is 1. The summed E-state index contributed by atoms with van der Waals surface area (Å²) in [7, 11) is 2.05. The van der Waals surface area contributed by atoms with E-state index < -0.39 is 17.6 Å². The molecule has 1 unspecified atom stereocenters. The summed E-state index contributed by atoms with van der Waals surface area (Å²) in [6.07, 6.45) is -1.06. The number of hydrogen-bond donors (Lipinski definition) is 1. The number of nitriles is 1. The monoisotopic (exact) mass is 547 g/mol.